The zero-order chi connectivity index (χ0) is 23.1. The molecule has 2 saturated heterocycles. The third kappa shape index (κ3) is 4.64. The van der Waals surface area contributed by atoms with E-state index in [1.54, 1.807) is 11.3 Å². The molecular formula is C24H30N6O2S2. The Kier molecular flexibility index (Phi) is 6.15. The minimum atomic E-state index is -0.0737. The van der Waals surface area contributed by atoms with Crippen LogP contribution in [-0.4, -0.2) is 82.1 Å². The number of amides is 2. The van der Waals surface area contributed by atoms with E-state index in [2.05, 4.69) is 20.1 Å². The molecule has 0 atom stereocenters. The second-order valence-corrected chi connectivity index (χ2v) is 11.4. The molecule has 6 rings (SSSR count). The molecule has 3 aliphatic rings. The minimum Gasteiger partial charge on any atom is -0.335 e. The van der Waals surface area contributed by atoms with Crippen LogP contribution in [0.3, 0.4) is 0 Å². The van der Waals surface area contributed by atoms with E-state index >= 15 is 0 Å². The predicted molar refractivity (Wildman–Crippen MR) is 137 cm³/mol. The van der Waals surface area contributed by atoms with Gasteiger partial charge in [0.1, 0.15) is 10.7 Å². The lowest BCUT2D eigenvalue weighted by atomic mass is 10.1. The van der Waals surface area contributed by atoms with E-state index in [1.165, 1.54) is 24.2 Å². The highest BCUT2D eigenvalue weighted by molar-refractivity contribution is 7.18. The van der Waals surface area contributed by atoms with Gasteiger partial charge in [-0.1, -0.05) is 6.07 Å². The molecule has 10 heteroatoms. The molecule has 0 unspecified atom stereocenters. The molecule has 2 N–H and O–H groups in total. The van der Waals surface area contributed by atoms with Gasteiger partial charge in [-0.25, -0.2) is 9.78 Å². The number of carbonyl (C=O) groups excluding carboxylic acids is 1. The number of rotatable bonds is 5. The Labute approximate surface area is 206 Å². The summed E-state index contributed by atoms with van der Waals surface area (Å²) >= 11 is 3.15. The number of carbonyl (C=O) groups is 1. The summed E-state index contributed by atoms with van der Waals surface area (Å²) in [4.78, 5) is 42.0. The van der Waals surface area contributed by atoms with Crippen LogP contribution >= 0.6 is 22.7 Å². The summed E-state index contributed by atoms with van der Waals surface area (Å²) < 4.78 is 0. The average Bonchev–Trinajstić information content (AvgIpc) is 3.37. The molecule has 3 aromatic heterocycles. The molecule has 3 aromatic rings. The SMILES string of the molecule is O=C(NC1CCN(C2CC2)CC1)N1CCN(Cc2nc3scc(-c4cccs4)c3c(=O)[nH]2)CC1. The third-order valence-electron chi connectivity index (χ3n) is 7.23. The van der Waals surface area contributed by atoms with E-state index in [1.807, 2.05) is 27.8 Å². The summed E-state index contributed by atoms with van der Waals surface area (Å²) in [5.41, 5.74) is 0.892. The monoisotopic (exact) mass is 498 g/mol. The molecule has 5 heterocycles. The lowest BCUT2D eigenvalue weighted by Crippen LogP contribution is -2.54. The number of aromatic amines is 1. The number of aromatic nitrogens is 2. The Balaban J connectivity index is 1.02. The van der Waals surface area contributed by atoms with Gasteiger partial charge in [0.2, 0.25) is 0 Å². The lowest BCUT2D eigenvalue weighted by molar-refractivity contribution is 0.126. The van der Waals surface area contributed by atoms with Gasteiger partial charge in [-0.15, -0.1) is 22.7 Å². The Bertz CT molecular complexity index is 1200. The quantitative estimate of drug-likeness (QED) is 0.565. The topological polar surface area (TPSA) is 84.6 Å². The standard InChI is InChI=1S/C24H30N6O2S2/c31-22-21-18(19-2-1-13-33-19)15-34-23(21)27-20(26-22)14-28-9-11-30(12-10-28)24(32)25-16-5-7-29(8-6-16)17-3-4-17/h1-2,13,15-17H,3-12,14H2,(H,25,32)(H,26,27,31). The molecule has 2 amide bonds. The van der Waals surface area contributed by atoms with Gasteiger partial charge in [-0.05, 0) is 37.1 Å². The van der Waals surface area contributed by atoms with Crippen molar-refractivity contribution >= 4 is 38.9 Å². The summed E-state index contributed by atoms with van der Waals surface area (Å²) in [5, 5.41) is 7.98. The van der Waals surface area contributed by atoms with Crippen LogP contribution in [0.25, 0.3) is 20.7 Å². The molecular weight excluding hydrogens is 468 g/mol. The van der Waals surface area contributed by atoms with E-state index in [-0.39, 0.29) is 11.6 Å². The van der Waals surface area contributed by atoms with Crippen molar-refractivity contribution in [1.29, 1.82) is 0 Å². The van der Waals surface area contributed by atoms with Crippen LogP contribution in [-0.2, 0) is 6.54 Å². The fourth-order valence-electron chi connectivity index (χ4n) is 5.12. The maximum Gasteiger partial charge on any atom is 0.317 e. The van der Waals surface area contributed by atoms with Crippen LogP contribution in [0.15, 0.2) is 27.7 Å². The molecule has 1 aliphatic carbocycles. The van der Waals surface area contributed by atoms with Crippen molar-refractivity contribution in [1.82, 2.24) is 30.0 Å². The second kappa shape index (κ2) is 9.41. The summed E-state index contributed by atoms with van der Waals surface area (Å²) in [5.74, 6) is 0.692. The fourth-order valence-corrected chi connectivity index (χ4v) is 6.90. The number of nitrogens with one attached hydrogen (secondary N) is 2. The van der Waals surface area contributed by atoms with Gasteiger partial charge in [0.25, 0.3) is 5.56 Å². The number of nitrogens with zero attached hydrogens (tertiary/aromatic N) is 4. The maximum absolute atomic E-state index is 12.8. The zero-order valence-corrected chi connectivity index (χ0v) is 20.8. The number of piperazine rings is 1. The van der Waals surface area contributed by atoms with Gasteiger partial charge in [0.15, 0.2) is 0 Å². The first kappa shape index (κ1) is 22.2. The fraction of sp³-hybridized carbons (Fsp3) is 0.542. The first-order chi connectivity index (χ1) is 16.6. The van der Waals surface area contributed by atoms with Crippen LogP contribution < -0.4 is 10.9 Å². The Morgan fingerprint density at radius 1 is 1.09 bits per heavy atom. The molecule has 0 spiro atoms. The Morgan fingerprint density at radius 2 is 1.88 bits per heavy atom. The summed E-state index contributed by atoms with van der Waals surface area (Å²) in [7, 11) is 0. The summed E-state index contributed by atoms with van der Waals surface area (Å²) in [6, 6.07) is 5.21. The number of hydrogen-bond acceptors (Lipinski definition) is 7. The van der Waals surface area contributed by atoms with Crippen molar-refractivity contribution in [2.45, 2.75) is 44.3 Å². The van der Waals surface area contributed by atoms with E-state index in [4.69, 9.17) is 4.98 Å². The molecule has 0 aromatic carbocycles. The molecule has 1 saturated carbocycles. The van der Waals surface area contributed by atoms with Gasteiger partial charge in [0, 0.05) is 67.2 Å². The number of likely N-dealkylation sites (tertiary alicyclic amines) is 1. The number of thiophene rings is 2. The highest BCUT2D eigenvalue weighted by Gasteiger charge is 2.32. The first-order valence-corrected chi connectivity index (χ1v) is 14.0. The van der Waals surface area contributed by atoms with Crippen LogP contribution in [0.2, 0.25) is 0 Å². The number of piperidine rings is 1. The normalized spacial score (nSPS) is 20.8. The largest absolute Gasteiger partial charge is 0.335 e. The van der Waals surface area contributed by atoms with Crippen molar-refractivity contribution in [3.8, 4) is 10.4 Å². The van der Waals surface area contributed by atoms with Crippen LogP contribution in [0.1, 0.15) is 31.5 Å². The molecule has 3 fully saturated rings. The molecule has 8 nitrogen and oxygen atoms in total. The van der Waals surface area contributed by atoms with E-state index in [9.17, 15) is 9.59 Å². The molecule has 0 radical (unpaired) electrons. The number of H-pyrrole nitrogens is 1. The van der Waals surface area contributed by atoms with Gasteiger partial charge in [-0.2, -0.15) is 0 Å². The maximum atomic E-state index is 12.8. The Morgan fingerprint density at radius 3 is 2.59 bits per heavy atom. The highest BCUT2D eigenvalue weighted by Crippen LogP contribution is 2.33. The van der Waals surface area contributed by atoms with E-state index in [0.717, 1.165) is 60.3 Å². The Hall–Kier alpha value is -2.27. The highest BCUT2D eigenvalue weighted by atomic mass is 32.1. The first-order valence-electron chi connectivity index (χ1n) is 12.2. The predicted octanol–water partition coefficient (Wildman–Crippen LogP) is 3.17. The molecule has 34 heavy (non-hydrogen) atoms. The van der Waals surface area contributed by atoms with Gasteiger partial charge in [0.05, 0.1) is 11.9 Å². The van der Waals surface area contributed by atoms with Crippen molar-refractivity contribution in [3.63, 3.8) is 0 Å². The van der Waals surface area contributed by atoms with Crippen molar-refractivity contribution in [3.05, 3.63) is 39.1 Å². The van der Waals surface area contributed by atoms with Crippen LogP contribution in [0.5, 0.6) is 0 Å². The number of hydrogen-bond donors (Lipinski definition) is 2. The number of urea groups is 1. The third-order valence-corrected chi connectivity index (χ3v) is 9.01. The van der Waals surface area contributed by atoms with Crippen LogP contribution in [0, 0.1) is 0 Å². The minimum absolute atomic E-state index is 0.0668. The van der Waals surface area contributed by atoms with Gasteiger partial charge < -0.3 is 20.1 Å². The average molecular weight is 499 g/mol. The van der Waals surface area contributed by atoms with E-state index < -0.39 is 0 Å². The van der Waals surface area contributed by atoms with Gasteiger partial charge in [-0.3, -0.25) is 9.69 Å². The lowest BCUT2D eigenvalue weighted by Gasteiger charge is -2.37. The summed E-state index contributed by atoms with van der Waals surface area (Å²) in [6.45, 7) is 5.75. The van der Waals surface area contributed by atoms with Crippen molar-refractivity contribution in [2.75, 3.05) is 39.3 Å². The van der Waals surface area contributed by atoms with Crippen molar-refractivity contribution in [2.24, 2.45) is 0 Å². The van der Waals surface area contributed by atoms with E-state index in [0.29, 0.717) is 36.9 Å². The summed E-state index contributed by atoms with van der Waals surface area (Å²) in [6.07, 6.45) is 4.81. The van der Waals surface area contributed by atoms with Crippen molar-refractivity contribution < 1.29 is 4.79 Å². The van der Waals surface area contributed by atoms with Gasteiger partial charge >= 0.3 is 6.03 Å². The second-order valence-electron chi connectivity index (χ2n) is 9.57. The zero-order valence-electron chi connectivity index (χ0n) is 19.2. The van der Waals surface area contributed by atoms with Crippen LogP contribution in [0.4, 0.5) is 4.79 Å². The molecule has 180 valence electrons. The molecule has 0 bridgehead atoms. The molecule has 2 aliphatic heterocycles. The smallest absolute Gasteiger partial charge is 0.317 e. The number of fused-ring (bicyclic) bond motifs is 1.